The van der Waals surface area contributed by atoms with E-state index in [1.165, 1.54) is 5.69 Å². The lowest BCUT2D eigenvalue weighted by atomic mass is 10.2. The smallest absolute Gasteiger partial charge is 0.209 e. The fourth-order valence-electron chi connectivity index (χ4n) is 2.44. The summed E-state index contributed by atoms with van der Waals surface area (Å²) in [6.07, 6.45) is 5.28. The van der Waals surface area contributed by atoms with Crippen molar-refractivity contribution in [2.45, 2.75) is 4.34 Å². The Balaban J connectivity index is 1.57. The van der Waals surface area contributed by atoms with Gasteiger partial charge in [0.2, 0.25) is 5.13 Å². The molecule has 0 spiro atoms. The van der Waals surface area contributed by atoms with E-state index < -0.39 is 0 Å². The minimum Gasteiger partial charge on any atom is -0.497 e. The molecule has 1 aromatic heterocycles. The summed E-state index contributed by atoms with van der Waals surface area (Å²) in [5.41, 5.74) is 1.23. The van der Waals surface area contributed by atoms with E-state index in [9.17, 15) is 0 Å². The number of benzene rings is 1. The molecule has 0 atom stereocenters. The van der Waals surface area contributed by atoms with E-state index in [-0.39, 0.29) is 0 Å². The molecule has 1 aliphatic heterocycles. The van der Waals surface area contributed by atoms with Crippen LogP contribution in [0.2, 0.25) is 0 Å². The van der Waals surface area contributed by atoms with Gasteiger partial charge in [-0.05, 0) is 24.3 Å². The maximum absolute atomic E-state index is 5.28. The first-order valence-corrected chi connectivity index (χ1v) is 9.14. The highest BCUT2D eigenvalue weighted by Crippen LogP contribution is 2.29. The molecule has 0 bridgehead atoms. The number of methoxy groups -OCH3 is 1. The van der Waals surface area contributed by atoms with Crippen molar-refractivity contribution in [3.63, 3.8) is 0 Å². The Hall–Kier alpha value is -1.91. The highest BCUT2D eigenvalue weighted by molar-refractivity contribution is 8.01. The lowest BCUT2D eigenvalue weighted by Gasteiger charge is -2.35. The molecule has 0 unspecified atom stereocenters. The number of terminal acetylenes is 1. The minimum atomic E-state index is 0.639. The number of nitrogens with zero attached hydrogens (tertiary/aromatic N) is 4. The van der Waals surface area contributed by atoms with E-state index in [2.05, 4.69) is 38.1 Å². The van der Waals surface area contributed by atoms with Crippen molar-refractivity contribution >= 4 is 33.9 Å². The van der Waals surface area contributed by atoms with Gasteiger partial charge in [0.1, 0.15) is 5.75 Å². The van der Waals surface area contributed by atoms with Crippen LogP contribution < -0.4 is 14.5 Å². The van der Waals surface area contributed by atoms with E-state index in [1.54, 1.807) is 30.2 Å². The highest BCUT2D eigenvalue weighted by atomic mass is 32.2. The predicted octanol–water partition coefficient (Wildman–Crippen LogP) is 2.60. The molecular weight excluding hydrogens is 328 g/mol. The zero-order valence-corrected chi connectivity index (χ0v) is 14.6. The first kappa shape index (κ1) is 16.0. The van der Waals surface area contributed by atoms with Gasteiger partial charge in [0, 0.05) is 31.9 Å². The fraction of sp³-hybridized carbons (Fsp3) is 0.375. The summed E-state index contributed by atoms with van der Waals surface area (Å²) in [6.45, 7) is 3.83. The zero-order valence-electron chi connectivity index (χ0n) is 12.9. The molecule has 0 saturated carbocycles. The van der Waals surface area contributed by atoms with Crippen LogP contribution >= 0.6 is 23.1 Å². The number of anilines is 2. The third kappa shape index (κ3) is 3.89. The van der Waals surface area contributed by atoms with E-state index in [0.717, 1.165) is 41.4 Å². The average molecular weight is 346 g/mol. The largest absolute Gasteiger partial charge is 0.497 e. The van der Waals surface area contributed by atoms with Crippen LogP contribution in [0.4, 0.5) is 10.8 Å². The number of ether oxygens (including phenoxy) is 1. The van der Waals surface area contributed by atoms with Gasteiger partial charge in [-0.15, -0.1) is 16.6 Å². The summed E-state index contributed by atoms with van der Waals surface area (Å²) in [4.78, 5) is 4.67. The Morgan fingerprint density at radius 2 is 1.87 bits per heavy atom. The molecule has 3 rings (SSSR count). The average Bonchev–Trinajstić information content (AvgIpc) is 3.09. The molecule has 1 aromatic carbocycles. The molecule has 0 radical (unpaired) electrons. The number of thioether (sulfide) groups is 1. The Morgan fingerprint density at radius 3 is 2.52 bits per heavy atom. The molecule has 1 aliphatic rings. The van der Waals surface area contributed by atoms with Crippen molar-refractivity contribution in [3.05, 3.63) is 24.3 Å². The minimum absolute atomic E-state index is 0.639. The number of hydrogen-bond donors (Lipinski definition) is 0. The van der Waals surface area contributed by atoms with Gasteiger partial charge in [-0.25, -0.2) is 0 Å². The zero-order chi connectivity index (χ0) is 16.1. The molecule has 0 N–H and O–H groups in total. The number of hydrogen-bond acceptors (Lipinski definition) is 7. The van der Waals surface area contributed by atoms with Gasteiger partial charge in [0.15, 0.2) is 4.34 Å². The molecule has 23 heavy (non-hydrogen) atoms. The predicted molar refractivity (Wildman–Crippen MR) is 96.9 cm³/mol. The molecule has 1 saturated heterocycles. The summed E-state index contributed by atoms with van der Waals surface area (Å²) >= 11 is 3.18. The lowest BCUT2D eigenvalue weighted by molar-refractivity contribution is 0.415. The Labute approximate surface area is 144 Å². The van der Waals surface area contributed by atoms with Gasteiger partial charge in [-0.3, -0.25) is 0 Å². The number of aromatic nitrogens is 2. The molecule has 2 aromatic rings. The van der Waals surface area contributed by atoms with Crippen molar-refractivity contribution < 1.29 is 4.74 Å². The van der Waals surface area contributed by atoms with E-state index in [0.29, 0.717) is 5.75 Å². The maximum Gasteiger partial charge on any atom is 0.209 e. The van der Waals surface area contributed by atoms with Gasteiger partial charge in [0.05, 0.1) is 12.9 Å². The van der Waals surface area contributed by atoms with Crippen molar-refractivity contribution in [3.8, 4) is 18.1 Å². The number of rotatable bonds is 5. The fourth-order valence-corrected chi connectivity index (χ4v) is 4.01. The van der Waals surface area contributed by atoms with Crippen LogP contribution in [0, 0.1) is 12.3 Å². The Kier molecular flexibility index (Phi) is 5.26. The SMILES string of the molecule is C#CCSc1nnc(N2CCN(c3ccc(OC)cc3)CC2)s1. The highest BCUT2D eigenvalue weighted by Gasteiger charge is 2.20. The van der Waals surface area contributed by atoms with Gasteiger partial charge in [-0.2, -0.15) is 0 Å². The first-order valence-electron chi connectivity index (χ1n) is 7.34. The molecule has 5 nitrogen and oxygen atoms in total. The Bertz CT molecular complexity index is 672. The van der Waals surface area contributed by atoms with Gasteiger partial charge in [0.25, 0.3) is 0 Å². The third-order valence-electron chi connectivity index (χ3n) is 3.66. The molecular formula is C16H18N4OS2. The first-order chi connectivity index (χ1) is 11.3. The number of piperazine rings is 1. The monoisotopic (exact) mass is 346 g/mol. The molecule has 0 aliphatic carbocycles. The van der Waals surface area contributed by atoms with Gasteiger partial charge < -0.3 is 14.5 Å². The quantitative estimate of drug-likeness (QED) is 0.612. The van der Waals surface area contributed by atoms with Crippen LogP contribution in [0.25, 0.3) is 0 Å². The summed E-state index contributed by atoms with van der Waals surface area (Å²) in [7, 11) is 1.69. The second-order valence-corrected chi connectivity index (χ2v) is 7.19. The van der Waals surface area contributed by atoms with Crippen molar-refractivity contribution in [1.29, 1.82) is 0 Å². The second-order valence-electron chi connectivity index (χ2n) is 5.02. The summed E-state index contributed by atoms with van der Waals surface area (Å²) in [5.74, 6) is 4.14. The summed E-state index contributed by atoms with van der Waals surface area (Å²) < 4.78 is 6.15. The maximum atomic E-state index is 5.28. The molecule has 1 fully saturated rings. The lowest BCUT2D eigenvalue weighted by Crippen LogP contribution is -2.46. The standard InChI is InChI=1S/C16H18N4OS2/c1-3-12-22-16-18-17-15(23-16)20-10-8-19(9-11-20)13-4-6-14(21-2)7-5-13/h1,4-7H,8-12H2,2H3. The van der Waals surface area contributed by atoms with Crippen molar-refractivity contribution in [2.75, 3.05) is 48.8 Å². The van der Waals surface area contributed by atoms with E-state index in [4.69, 9.17) is 11.2 Å². The normalized spacial score (nSPS) is 14.6. The summed E-state index contributed by atoms with van der Waals surface area (Å²) in [6, 6.07) is 8.21. The van der Waals surface area contributed by atoms with Crippen LogP contribution in [-0.4, -0.2) is 49.2 Å². The summed E-state index contributed by atoms with van der Waals surface area (Å²) in [5, 5.41) is 9.46. The van der Waals surface area contributed by atoms with Crippen LogP contribution in [0.5, 0.6) is 5.75 Å². The van der Waals surface area contributed by atoms with Crippen LogP contribution in [0.3, 0.4) is 0 Å². The van der Waals surface area contributed by atoms with Crippen molar-refractivity contribution in [2.24, 2.45) is 0 Å². The third-order valence-corrected chi connectivity index (χ3v) is 5.68. The Morgan fingerprint density at radius 1 is 1.17 bits per heavy atom. The molecule has 2 heterocycles. The van der Waals surface area contributed by atoms with Crippen LogP contribution in [-0.2, 0) is 0 Å². The molecule has 7 heteroatoms. The van der Waals surface area contributed by atoms with Crippen LogP contribution in [0.15, 0.2) is 28.6 Å². The van der Waals surface area contributed by atoms with E-state index >= 15 is 0 Å². The topological polar surface area (TPSA) is 41.5 Å². The van der Waals surface area contributed by atoms with Crippen LogP contribution in [0.1, 0.15) is 0 Å². The van der Waals surface area contributed by atoms with E-state index in [1.807, 2.05) is 12.1 Å². The van der Waals surface area contributed by atoms with Gasteiger partial charge in [-0.1, -0.05) is 29.0 Å². The molecule has 0 amide bonds. The van der Waals surface area contributed by atoms with Crippen molar-refractivity contribution in [1.82, 2.24) is 10.2 Å². The second kappa shape index (κ2) is 7.57. The van der Waals surface area contributed by atoms with Gasteiger partial charge >= 0.3 is 0 Å². The molecule has 120 valence electrons.